The van der Waals surface area contributed by atoms with E-state index in [9.17, 15) is 0 Å². The summed E-state index contributed by atoms with van der Waals surface area (Å²) in [5.74, 6) is 2.19. The normalized spacial score (nSPS) is 18.2. The molecule has 2 unspecified atom stereocenters. The molecule has 0 amide bonds. The Kier molecular flexibility index (Phi) is 5.90. The Morgan fingerprint density at radius 3 is 2.62 bits per heavy atom. The number of rotatable bonds is 7. The van der Waals surface area contributed by atoms with Gasteiger partial charge in [0, 0.05) is 42.4 Å². The van der Waals surface area contributed by atoms with Gasteiger partial charge in [-0.05, 0) is 73.9 Å². The number of anilines is 3. The first kappa shape index (κ1) is 20.7. The summed E-state index contributed by atoms with van der Waals surface area (Å²) in [5.41, 5.74) is 3.11. The lowest BCUT2D eigenvalue weighted by molar-refractivity contribution is 0.461. The van der Waals surface area contributed by atoms with Crippen molar-refractivity contribution in [2.24, 2.45) is 5.92 Å². The zero-order chi connectivity index (χ0) is 21.9. The lowest BCUT2D eigenvalue weighted by atomic mass is 9.99. The Bertz CT molecular complexity index is 1190. The molecule has 5 rings (SSSR count). The number of hydrogen-bond acceptors (Lipinski definition) is 6. The lowest BCUT2D eigenvalue weighted by Crippen LogP contribution is -2.06. The fourth-order valence-electron chi connectivity index (χ4n) is 4.61. The molecular weight excluding hydrogens is 422 g/mol. The van der Waals surface area contributed by atoms with Crippen LogP contribution in [0.2, 0.25) is 5.02 Å². The van der Waals surface area contributed by atoms with Gasteiger partial charge in [0.1, 0.15) is 17.8 Å². The molecule has 4 aromatic rings. The zero-order valence-corrected chi connectivity index (χ0v) is 18.8. The van der Waals surface area contributed by atoms with E-state index in [0.29, 0.717) is 22.9 Å². The van der Waals surface area contributed by atoms with Crippen molar-refractivity contribution in [1.82, 2.24) is 24.5 Å². The monoisotopic (exact) mass is 447 g/mol. The molecule has 1 aliphatic rings. The Hall–Kier alpha value is -3.19. The van der Waals surface area contributed by atoms with Gasteiger partial charge >= 0.3 is 0 Å². The molecule has 8 heteroatoms. The van der Waals surface area contributed by atoms with Gasteiger partial charge in [0.2, 0.25) is 5.95 Å². The molecule has 2 N–H and O–H groups in total. The molecule has 32 heavy (non-hydrogen) atoms. The molecular formula is C24H26ClN7. The highest BCUT2D eigenvalue weighted by molar-refractivity contribution is 6.30. The minimum absolute atomic E-state index is 0.499. The number of nitrogens with one attached hydrogen (secondary N) is 2. The molecule has 1 saturated carbocycles. The molecule has 1 fully saturated rings. The van der Waals surface area contributed by atoms with Gasteiger partial charge in [-0.2, -0.15) is 0 Å². The minimum Gasteiger partial charge on any atom is -0.372 e. The number of aromatic nitrogens is 5. The Balaban J connectivity index is 1.17. The van der Waals surface area contributed by atoms with E-state index in [0.717, 1.165) is 35.4 Å². The van der Waals surface area contributed by atoms with E-state index in [1.807, 2.05) is 43.7 Å². The topological polar surface area (TPSA) is 80.5 Å². The third-order valence-electron chi connectivity index (χ3n) is 6.30. The summed E-state index contributed by atoms with van der Waals surface area (Å²) in [6.45, 7) is 0. The highest BCUT2D eigenvalue weighted by Gasteiger charge is 2.27. The summed E-state index contributed by atoms with van der Waals surface area (Å²) in [6, 6.07) is 10.1. The summed E-state index contributed by atoms with van der Waals surface area (Å²) >= 11 is 5.93. The molecule has 164 valence electrons. The van der Waals surface area contributed by atoms with Crippen LogP contribution >= 0.6 is 11.6 Å². The molecule has 0 radical (unpaired) electrons. The number of fused-ring (bicyclic) bond motifs is 1. The van der Waals surface area contributed by atoms with Crippen molar-refractivity contribution in [1.29, 1.82) is 0 Å². The molecule has 1 aliphatic carbocycles. The number of halogens is 1. The highest BCUT2D eigenvalue weighted by Crippen LogP contribution is 2.39. The fraction of sp³-hybridized carbons (Fsp3) is 0.333. The van der Waals surface area contributed by atoms with Crippen molar-refractivity contribution in [3.63, 3.8) is 0 Å². The van der Waals surface area contributed by atoms with Crippen LogP contribution in [0.3, 0.4) is 0 Å². The second kappa shape index (κ2) is 9.12. The maximum atomic E-state index is 5.93. The van der Waals surface area contributed by atoms with E-state index in [-0.39, 0.29) is 0 Å². The average Bonchev–Trinajstić information content (AvgIpc) is 3.47. The second-order valence-corrected chi connectivity index (χ2v) is 8.79. The van der Waals surface area contributed by atoms with Crippen molar-refractivity contribution < 1.29 is 0 Å². The van der Waals surface area contributed by atoms with Gasteiger partial charge in [-0.1, -0.05) is 11.6 Å². The summed E-state index contributed by atoms with van der Waals surface area (Å²) in [5, 5.41) is 8.15. The van der Waals surface area contributed by atoms with Gasteiger partial charge in [0.25, 0.3) is 0 Å². The average molecular weight is 448 g/mol. The highest BCUT2D eigenvalue weighted by atomic mass is 35.5. The first-order chi connectivity index (χ1) is 15.7. The first-order valence-electron chi connectivity index (χ1n) is 11.0. The molecule has 2 atom stereocenters. The van der Waals surface area contributed by atoms with Crippen molar-refractivity contribution in [3.8, 4) is 0 Å². The predicted octanol–water partition coefficient (Wildman–Crippen LogP) is 5.63. The Morgan fingerprint density at radius 2 is 1.84 bits per heavy atom. The minimum atomic E-state index is 0.499. The van der Waals surface area contributed by atoms with E-state index < -0.39 is 0 Å². The van der Waals surface area contributed by atoms with Gasteiger partial charge in [-0.25, -0.2) is 19.9 Å². The SMILES string of the molecule is CNc1ncnc2c1ccn2C1CCC(CCc2cnc(Nc3ccc(Cl)cc3)nc2)C1. The van der Waals surface area contributed by atoms with Crippen LogP contribution in [0.5, 0.6) is 0 Å². The van der Waals surface area contributed by atoms with Gasteiger partial charge in [0.05, 0.1) is 5.39 Å². The molecule has 0 bridgehead atoms. The third-order valence-corrected chi connectivity index (χ3v) is 6.55. The van der Waals surface area contributed by atoms with Gasteiger partial charge in [-0.3, -0.25) is 0 Å². The summed E-state index contributed by atoms with van der Waals surface area (Å²) < 4.78 is 2.33. The quantitative estimate of drug-likeness (QED) is 0.382. The predicted molar refractivity (Wildman–Crippen MR) is 129 cm³/mol. The number of hydrogen-bond donors (Lipinski definition) is 2. The van der Waals surface area contributed by atoms with Crippen molar-refractivity contribution in [2.75, 3.05) is 17.7 Å². The van der Waals surface area contributed by atoms with Crippen LogP contribution in [0.25, 0.3) is 11.0 Å². The molecule has 0 aliphatic heterocycles. The van der Waals surface area contributed by atoms with Crippen molar-refractivity contribution in [2.45, 2.75) is 38.1 Å². The second-order valence-electron chi connectivity index (χ2n) is 8.35. The third kappa shape index (κ3) is 4.39. The van der Waals surface area contributed by atoms with Crippen molar-refractivity contribution in [3.05, 3.63) is 65.8 Å². The smallest absolute Gasteiger partial charge is 0.227 e. The van der Waals surface area contributed by atoms with E-state index in [1.54, 1.807) is 6.33 Å². The van der Waals surface area contributed by atoms with Gasteiger partial charge < -0.3 is 15.2 Å². The van der Waals surface area contributed by atoms with Crippen LogP contribution < -0.4 is 10.6 Å². The van der Waals surface area contributed by atoms with Crippen LogP contribution in [0.15, 0.2) is 55.2 Å². The van der Waals surface area contributed by atoms with Crippen LogP contribution in [0.1, 0.15) is 37.3 Å². The van der Waals surface area contributed by atoms with E-state index in [4.69, 9.17) is 11.6 Å². The molecule has 7 nitrogen and oxygen atoms in total. The van der Waals surface area contributed by atoms with E-state index in [1.165, 1.54) is 24.8 Å². The maximum absolute atomic E-state index is 5.93. The Morgan fingerprint density at radius 1 is 1.03 bits per heavy atom. The standard InChI is InChI=1S/C24H26ClN7/c1-26-22-21-10-11-32(23(21)30-15-29-22)20-9-4-16(12-20)2-3-17-13-27-24(28-14-17)31-19-7-5-18(25)6-8-19/h5-8,10-11,13-16,20H,2-4,9,12H2,1H3,(H,26,29,30)(H,27,28,31). The summed E-state index contributed by atoms with van der Waals surface area (Å²) in [6.07, 6.45) is 13.4. The summed E-state index contributed by atoms with van der Waals surface area (Å²) in [4.78, 5) is 17.8. The van der Waals surface area contributed by atoms with Crippen LogP contribution in [0, 0.1) is 5.92 Å². The van der Waals surface area contributed by atoms with Crippen LogP contribution in [-0.4, -0.2) is 31.6 Å². The molecule has 3 aromatic heterocycles. The van der Waals surface area contributed by atoms with Gasteiger partial charge in [0.15, 0.2) is 0 Å². The maximum Gasteiger partial charge on any atom is 0.227 e. The van der Waals surface area contributed by atoms with E-state index in [2.05, 4.69) is 47.4 Å². The summed E-state index contributed by atoms with van der Waals surface area (Å²) in [7, 11) is 1.90. The lowest BCUT2D eigenvalue weighted by Gasteiger charge is -2.14. The molecule has 0 saturated heterocycles. The molecule has 0 spiro atoms. The molecule has 1 aromatic carbocycles. The Labute approximate surface area is 192 Å². The number of nitrogens with zero attached hydrogens (tertiary/aromatic N) is 5. The largest absolute Gasteiger partial charge is 0.372 e. The zero-order valence-electron chi connectivity index (χ0n) is 18.0. The number of benzene rings is 1. The van der Waals surface area contributed by atoms with E-state index >= 15 is 0 Å². The fourth-order valence-corrected chi connectivity index (χ4v) is 4.74. The van der Waals surface area contributed by atoms with Crippen LogP contribution in [-0.2, 0) is 6.42 Å². The number of aryl methyl sites for hydroxylation is 1. The van der Waals surface area contributed by atoms with Gasteiger partial charge in [-0.15, -0.1) is 0 Å². The molecule has 3 heterocycles. The first-order valence-corrected chi connectivity index (χ1v) is 11.4. The van der Waals surface area contributed by atoms with Crippen LogP contribution in [0.4, 0.5) is 17.5 Å². The van der Waals surface area contributed by atoms with Crippen molar-refractivity contribution >= 4 is 40.1 Å².